The number of nitrogens with one attached hydrogen (secondary N) is 2. The Balaban J connectivity index is 2.09. The number of methoxy groups -OCH3 is 1. The lowest BCUT2D eigenvalue weighted by atomic mass is 10.1. The molecule has 0 aliphatic carbocycles. The number of rotatable bonds is 7. The topological polar surface area (TPSA) is 93.7 Å². The Kier molecular flexibility index (Phi) is 6.64. The van der Waals surface area contributed by atoms with E-state index >= 15 is 0 Å². The van der Waals surface area contributed by atoms with Gasteiger partial charge in [-0.1, -0.05) is 0 Å². The summed E-state index contributed by atoms with van der Waals surface area (Å²) in [7, 11) is 1.38. The standard InChI is InChI=1S/C19H18F2N2O5/c1-10(24)12-4-5-17(18(6-12)27-3)28-9-19(26)23-16-8-15(22-11(2)25)13(20)7-14(16)21/h4-8H,9H2,1-3H3,(H,22,25)(H,23,26). The summed E-state index contributed by atoms with van der Waals surface area (Å²) in [6.45, 7) is 2.07. The van der Waals surface area contributed by atoms with Gasteiger partial charge < -0.3 is 20.1 Å². The third-order valence-corrected chi connectivity index (χ3v) is 3.57. The number of amides is 2. The van der Waals surface area contributed by atoms with Gasteiger partial charge in [0.2, 0.25) is 5.91 Å². The van der Waals surface area contributed by atoms with E-state index in [9.17, 15) is 23.2 Å². The fourth-order valence-corrected chi connectivity index (χ4v) is 2.27. The smallest absolute Gasteiger partial charge is 0.262 e. The maximum Gasteiger partial charge on any atom is 0.262 e. The number of halogens is 2. The number of benzene rings is 2. The number of Topliss-reactive ketones (excluding diaryl/α,β-unsaturated/α-hetero) is 1. The van der Waals surface area contributed by atoms with E-state index in [1.54, 1.807) is 0 Å². The van der Waals surface area contributed by atoms with Crippen molar-refractivity contribution in [2.75, 3.05) is 24.4 Å². The van der Waals surface area contributed by atoms with E-state index in [-0.39, 0.29) is 28.7 Å². The molecule has 2 aromatic rings. The third-order valence-electron chi connectivity index (χ3n) is 3.57. The first-order chi connectivity index (χ1) is 13.2. The zero-order valence-corrected chi connectivity index (χ0v) is 15.4. The number of hydrogen-bond acceptors (Lipinski definition) is 5. The summed E-state index contributed by atoms with van der Waals surface area (Å²) >= 11 is 0. The molecule has 0 unspecified atom stereocenters. The SMILES string of the molecule is COc1cc(C(C)=O)ccc1OCC(=O)Nc1cc(NC(C)=O)c(F)cc1F. The van der Waals surface area contributed by atoms with E-state index in [0.717, 1.165) is 6.07 Å². The molecular formula is C19H18F2N2O5. The molecule has 0 spiro atoms. The fourth-order valence-electron chi connectivity index (χ4n) is 2.27. The van der Waals surface area contributed by atoms with Gasteiger partial charge in [0.1, 0.15) is 11.6 Å². The Labute approximate surface area is 159 Å². The maximum absolute atomic E-state index is 13.9. The second-order valence-electron chi connectivity index (χ2n) is 5.75. The second kappa shape index (κ2) is 8.94. The highest BCUT2D eigenvalue weighted by Crippen LogP contribution is 2.28. The molecule has 0 saturated heterocycles. The summed E-state index contributed by atoms with van der Waals surface area (Å²) in [5.41, 5.74) is -0.184. The van der Waals surface area contributed by atoms with Crippen molar-refractivity contribution in [2.45, 2.75) is 13.8 Å². The van der Waals surface area contributed by atoms with Crippen molar-refractivity contribution in [3.05, 3.63) is 47.5 Å². The van der Waals surface area contributed by atoms with Gasteiger partial charge in [0, 0.05) is 18.6 Å². The van der Waals surface area contributed by atoms with Gasteiger partial charge in [0.25, 0.3) is 5.91 Å². The van der Waals surface area contributed by atoms with E-state index < -0.39 is 30.1 Å². The van der Waals surface area contributed by atoms with E-state index in [1.165, 1.54) is 39.2 Å². The summed E-state index contributed by atoms with van der Waals surface area (Å²) in [5.74, 6) is -2.96. The molecular weight excluding hydrogens is 374 g/mol. The summed E-state index contributed by atoms with van der Waals surface area (Å²) in [4.78, 5) is 34.5. The van der Waals surface area contributed by atoms with Crippen LogP contribution in [0.15, 0.2) is 30.3 Å². The number of ether oxygens (including phenoxy) is 2. The summed E-state index contributed by atoms with van der Waals surface area (Å²) in [6, 6.07) is 5.96. The molecule has 7 nitrogen and oxygen atoms in total. The second-order valence-corrected chi connectivity index (χ2v) is 5.75. The molecule has 2 aromatic carbocycles. The van der Waals surface area contributed by atoms with Gasteiger partial charge in [-0.3, -0.25) is 14.4 Å². The van der Waals surface area contributed by atoms with Crippen LogP contribution in [0.2, 0.25) is 0 Å². The zero-order valence-electron chi connectivity index (χ0n) is 15.4. The molecule has 0 aliphatic rings. The molecule has 0 heterocycles. The fraction of sp³-hybridized carbons (Fsp3) is 0.211. The summed E-state index contributed by atoms with van der Waals surface area (Å²) in [6.07, 6.45) is 0. The van der Waals surface area contributed by atoms with Crippen molar-refractivity contribution in [1.29, 1.82) is 0 Å². The lowest BCUT2D eigenvalue weighted by Gasteiger charge is -2.13. The van der Waals surface area contributed by atoms with Crippen LogP contribution in [0.1, 0.15) is 24.2 Å². The first-order valence-electron chi connectivity index (χ1n) is 8.09. The van der Waals surface area contributed by atoms with Gasteiger partial charge >= 0.3 is 0 Å². The van der Waals surface area contributed by atoms with Crippen LogP contribution < -0.4 is 20.1 Å². The van der Waals surface area contributed by atoms with Crippen LogP contribution in [0.5, 0.6) is 11.5 Å². The number of hydrogen-bond donors (Lipinski definition) is 2. The van der Waals surface area contributed by atoms with Crippen LogP contribution in [-0.2, 0) is 9.59 Å². The lowest BCUT2D eigenvalue weighted by molar-refractivity contribution is -0.118. The Morgan fingerprint density at radius 2 is 1.57 bits per heavy atom. The van der Waals surface area contributed by atoms with Crippen molar-refractivity contribution in [3.8, 4) is 11.5 Å². The molecule has 0 aliphatic heterocycles. The van der Waals surface area contributed by atoms with Gasteiger partial charge in [0.15, 0.2) is 23.9 Å². The summed E-state index contributed by atoms with van der Waals surface area (Å²) < 4.78 is 38.0. The van der Waals surface area contributed by atoms with Crippen molar-refractivity contribution >= 4 is 29.0 Å². The largest absolute Gasteiger partial charge is 0.493 e. The van der Waals surface area contributed by atoms with E-state index in [4.69, 9.17) is 9.47 Å². The van der Waals surface area contributed by atoms with Crippen molar-refractivity contribution in [1.82, 2.24) is 0 Å². The number of carbonyl (C=O) groups is 3. The minimum atomic E-state index is -1.01. The van der Waals surface area contributed by atoms with Crippen molar-refractivity contribution < 1.29 is 32.6 Å². The average Bonchev–Trinajstić information content (AvgIpc) is 2.63. The monoisotopic (exact) mass is 392 g/mol. The third kappa shape index (κ3) is 5.26. The van der Waals surface area contributed by atoms with Crippen LogP contribution in [0, 0.1) is 11.6 Å². The number of carbonyl (C=O) groups excluding carboxylic acids is 3. The Hall–Kier alpha value is -3.49. The van der Waals surface area contributed by atoms with Crippen LogP contribution in [0.25, 0.3) is 0 Å². The maximum atomic E-state index is 13.9. The molecule has 28 heavy (non-hydrogen) atoms. The van der Waals surface area contributed by atoms with E-state index in [1.807, 2.05) is 0 Å². The van der Waals surface area contributed by atoms with Gasteiger partial charge in [-0.2, -0.15) is 0 Å². The molecule has 2 rings (SSSR count). The molecule has 2 amide bonds. The highest BCUT2D eigenvalue weighted by Gasteiger charge is 2.15. The van der Waals surface area contributed by atoms with Crippen molar-refractivity contribution in [2.24, 2.45) is 0 Å². The molecule has 0 aromatic heterocycles. The average molecular weight is 392 g/mol. The molecule has 0 bridgehead atoms. The molecule has 0 radical (unpaired) electrons. The van der Waals surface area contributed by atoms with E-state index in [0.29, 0.717) is 11.6 Å². The normalized spacial score (nSPS) is 10.2. The van der Waals surface area contributed by atoms with Crippen LogP contribution in [0.3, 0.4) is 0 Å². The molecule has 0 fully saturated rings. The first-order valence-corrected chi connectivity index (χ1v) is 8.09. The van der Waals surface area contributed by atoms with E-state index in [2.05, 4.69) is 10.6 Å². The van der Waals surface area contributed by atoms with Crippen LogP contribution >= 0.6 is 0 Å². The molecule has 0 saturated carbocycles. The Morgan fingerprint density at radius 1 is 0.929 bits per heavy atom. The lowest BCUT2D eigenvalue weighted by Crippen LogP contribution is -2.21. The number of ketones is 1. The predicted octanol–water partition coefficient (Wildman–Crippen LogP) is 3.15. The van der Waals surface area contributed by atoms with Crippen molar-refractivity contribution in [3.63, 3.8) is 0 Å². The number of anilines is 2. The molecule has 148 valence electrons. The quantitative estimate of drug-likeness (QED) is 0.706. The van der Waals surface area contributed by atoms with Gasteiger partial charge in [0.05, 0.1) is 18.5 Å². The Morgan fingerprint density at radius 3 is 2.14 bits per heavy atom. The zero-order chi connectivity index (χ0) is 20.8. The first kappa shape index (κ1) is 20.8. The minimum absolute atomic E-state index is 0.163. The summed E-state index contributed by atoms with van der Waals surface area (Å²) in [5, 5.41) is 4.43. The minimum Gasteiger partial charge on any atom is -0.493 e. The highest BCUT2D eigenvalue weighted by atomic mass is 19.1. The molecule has 2 N–H and O–H groups in total. The van der Waals surface area contributed by atoms with Crippen LogP contribution in [0.4, 0.5) is 20.2 Å². The predicted molar refractivity (Wildman–Crippen MR) is 97.8 cm³/mol. The molecule has 9 heteroatoms. The highest BCUT2D eigenvalue weighted by molar-refractivity contribution is 5.95. The Bertz CT molecular complexity index is 931. The molecule has 0 atom stereocenters. The van der Waals surface area contributed by atoms with Crippen LogP contribution in [-0.4, -0.2) is 31.3 Å². The van der Waals surface area contributed by atoms with Gasteiger partial charge in [-0.15, -0.1) is 0 Å². The van der Waals surface area contributed by atoms with Gasteiger partial charge in [-0.25, -0.2) is 8.78 Å². The van der Waals surface area contributed by atoms with Gasteiger partial charge in [-0.05, 0) is 31.2 Å².